The molecule has 2 aromatic rings. The molecular formula is C21H27N3O2. The number of aromatic nitrogens is 1. The Labute approximate surface area is 155 Å². The summed E-state index contributed by atoms with van der Waals surface area (Å²) >= 11 is 0. The summed E-state index contributed by atoms with van der Waals surface area (Å²) in [5, 5.41) is 3.53. The smallest absolute Gasteiger partial charge is 0.161 e. The van der Waals surface area contributed by atoms with E-state index in [0.717, 1.165) is 23.6 Å². The van der Waals surface area contributed by atoms with Gasteiger partial charge >= 0.3 is 0 Å². The molecule has 138 valence electrons. The second-order valence-corrected chi connectivity index (χ2v) is 7.52. The molecule has 2 aliphatic heterocycles. The minimum Gasteiger partial charge on any atom is -0.493 e. The Morgan fingerprint density at radius 2 is 2.15 bits per heavy atom. The molecule has 3 heterocycles. The third kappa shape index (κ3) is 3.84. The van der Waals surface area contributed by atoms with Crippen LogP contribution in [0.4, 0.5) is 0 Å². The van der Waals surface area contributed by atoms with Crippen LogP contribution >= 0.6 is 0 Å². The lowest BCUT2D eigenvalue weighted by Crippen LogP contribution is -2.28. The average molecular weight is 353 g/mol. The Morgan fingerprint density at radius 1 is 1.19 bits per heavy atom. The van der Waals surface area contributed by atoms with Crippen LogP contribution in [0, 0.1) is 5.41 Å². The van der Waals surface area contributed by atoms with E-state index in [-0.39, 0.29) is 0 Å². The third-order valence-electron chi connectivity index (χ3n) is 5.60. The third-order valence-corrected chi connectivity index (χ3v) is 5.60. The first-order valence-corrected chi connectivity index (χ1v) is 9.38. The maximum absolute atomic E-state index is 6.02. The lowest BCUT2D eigenvalue weighted by molar-refractivity contribution is 0.265. The van der Waals surface area contributed by atoms with Gasteiger partial charge in [-0.15, -0.1) is 0 Å². The zero-order valence-corrected chi connectivity index (χ0v) is 15.4. The number of methoxy groups -OCH3 is 1. The molecule has 0 aliphatic carbocycles. The van der Waals surface area contributed by atoms with Gasteiger partial charge in [0.1, 0.15) is 6.61 Å². The van der Waals surface area contributed by atoms with Crippen molar-refractivity contribution < 1.29 is 9.47 Å². The van der Waals surface area contributed by atoms with Gasteiger partial charge in [-0.3, -0.25) is 9.88 Å². The van der Waals surface area contributed by atoms with E-state index in [1.54, 1.807) is 13.3 Å². The summed E-state index contributed by atoms with van der Waals surface area (Å²) in [6.07, 6.45) is 6.22. The zero-order valence-electron chi connectivity index (χ0n) is 15.4. The molecule has 26 heavy (non-hydrogen) atoms. The van der Waals surface area contributed by atoms with Gasteiger partial charge in [-0.05, 0) is 55.1 Å². The first kappa shape index (κ1) is 17.3. The molecule has 5 heteroatoms. The number of benzene rings is 1. The summed E-state index contributed by atoms with van der Waals surface area (Å²) in [6, 6.07) is 10.2. The van der Waals surface area contributed by atoms with Crippen molar-refractivity contribution in [2.45, 2.75) is 26.0 Å². The van der Waals surface area contributed by atoms with Crippen molar-refractivity contribution in [1.82, 2.24) is 15.2 Å². The predicted molar refractivity (Wildman–Crippen MR) is 101 cm³/mol. The summed E-state index contributed by atoms with van der Waals surface area (Å²) in [6.45, 7) is 6.17. The minimum absolute atomic E-state index is 0.492. The fourth-order valence-corrected chi connectivity index (χ4v) is 4.14. The number of pyridine rings is 1. The van der Waals surface area contributed by atoms with Crippen molar-refractivity contribution >= 4 is 0 Å². The lowest BCUT2D eigenvalue weighted by Gasteiger charge is -2.23. The van der Waals surface area contributed by atoms with Crippen LogP contribution in [0.1, 0.15) is 24.0 Å². The van der Waals surface area contributed by atoms with Gasteiger partial charge < -0.3 is 14.8 Å². The van der Waals surface area contributed by atoms with E-state index in [4.69, 9.17) is 9.47 Å². The molecule has 0 saturated carbocycles. The summed E-state index contributed by atoms with van der Waals surface area (Å²) in [4.78, 5) is 6.71. The average Bonchev–Trinajstić information content (AvgIpc) is 3.30. The number of ether oxygens (including phenoxy) is 2. The molecule has 1 atom stereocenters. The summed E-state index contributed by atoms with van der Waals surface area (Å²) in [7, 11) is 1.68. The van der Waals surface area contributed by atoms with Crippen molar-refractivity contribution in [1.29, 1.82) is 0 Å². The maximum Gasteiger partial charge on any atom is 0.161 e. The van der Waals surface area contributed by atoms with Crippen LogP contribution in [-0.4, -0.2) is 43.2 Å². The van der Waals surface area contributed by atoms with Crippen LogP contribution in [0.25, 0.3) is 0 Å². The maximum atomic E-state index is 6.02. The molecule has 2 aliphatic rings. The Hall–Kier alpha value is -2.11. The van der Waals surface area contributed by atoms with Crippen molar-refractivity contribution in [3.63, 3.8) is 0 Å². The van der Waals surface area contributed by atoms with E-state index in [0.29, 0.717) is 12.0 Å². The number of likely N-dealkylation sites (tertiary alicyclic amines) is 1. The Bertz CT molecular complexity index is 729. The monoisotopic (exact) mass is 353 g/mol. The molecule has 1 aromatic carbocycles. The highest BCUT2D eigenvalue weighted by Crippen LogP contribution is 2.37. The van der Waals surface area contributed by atoms with Crippen LogP contribution < -0.4 is 14.8 Å². The highest BCUT2D eigenvalue weighted by Gasteiger charge is 2.40. The standard InChI is InChI=1S/C21H27N3O2/c1-25-19-5-4-17(11-20(19)26-14-18-3-2-8-22-12-18)13-24-10-7-21(16-24)6-9-23-15-21/h2-5,8,11-12,23H,6-7,9-10,13-16H2,1H3. The Balaban J connectivity index is 1.42. The second kappa shape index (κ2) is 7.64. The summed E-state index contributed by atoms with van der Waals surface area (Å²) < 4.78 is 11.5. The van der Waals surface area contributed by atoms with E-state index in [9.17, 15) is 0 Å². The number of rotatable bonds is 6. The predicted octanol–water partition coefficient (Wildman–Crippen LogP) is 2.85. The molecule has 1 unspecified atom stereocenters. The van der Waals surface area contributed by atoms with E-state index in [2.05, 4.69) is 27.3 Å². The number of hydrogen-bond acceptors (Lipinski definition) is 5. The molecule has 2 saturated heterocycles. The molecule has 1 aromatic heterocycles. The van der Waals surface area contributed by atoms with E-state index < -0.39 is 0 Å². The van der Waals surface area contributed by atoms with Crippen molar-refractivity contribution in [3.05, 3.63) is 53.9 Å². The van der Waals surface area contributed by atoms with E-state index >= 15 is 0 Å². The quantitative estimate of drug-likeness (QED) is 0.865. The topological polar surface area (TPSA) is 46.6 Å². The number of nitrogens with one attached hydrogen (secondary N) is 1. The van der Waals surface area contributed by atoms with Gasteiger partial charge in [0.05, 0.1) is 7.11 Å². The van der Waals surface area contributed by atoms with Gasteiger partial charge in [0, 0.05) is 37.6 Å². The van der Waals surface area contributed by atoms with E-state index in [1.807, 2.05) is 24.4 Å². The highest BCUT2D eigenvalue weighted by molar-refractivity contribution is 5.43. The summed E-state index contributed by atoms with van der Waals surface area (Å²) in [5.41, 5.74) is 2.83. The van der Waals surface area contributed by atoms with Crippen LogP contribution in [0.15, 0.2) is 42.7 Å². The SMILES string of the molecule is COc1ccc(CN2CCC3(CCNC3)C2)cc1OCc1cccnc1. The molecule has 0 bridgehead atoms. The van der Waals surface area contributed by atoms with Gasteiger partial charge in [0.2, 0.25) is 0 Å². The van der Waals surface area contributed by atoms with Gasteiger partial charge in [-0.25, -0.2) is 0 Å². The van der Waals surface area contributed by atoms with Gasteiger partial charge in [0.25, 0.3) is 0 Å². The molecule has 4 rings (SSSR count). The molecule has 1 N–H and O–H groups in total. The van der Waals surface area contributed by atoms with Crippen LogP contribution in [0.2, 0.25) is 0 Å². The number of nitrogens with zero attached hydrogens (tertiary/aromatic N) is 2. The largest absolute Gasteiger partial charge is 0.493 e. The van der Waals surface area contributed by atoms with Crippen LogP contribution in [-0.2, 0) is 13.2 Å². The summed E-state index contributed by atoms with van der Waals surface area (Å²) in [5.74, 6) is 1.57. The van der Waals surface area contributed by atoms with Crippen LogP contribution in [0.5, 0.6) is 11.5 Å². The fraction of sp³-hybridized carbons (Fsp3) is 0.476. The first-order valence-electron chi connectivity index (χ1n) is 9.38. The Morgan fingerprint density at radius 3 is 2.92 bits per heavy atom. The van der Waals surface area contributed by atoms with Crippen LogP contribution in [0.3, 0.4) is 0 Å². The zero-order chi connectivity index (χ0) is 17.8. The van der Waals surface area contributed by atoms with Crippen molar-refractivity contribution in [3.8, 4) is 11.5 Å². The molecule has 5 nitrogen and oxygen atoms in total. The van der Waals surface area contributed by atoms with Crippen molar-refractivity contribution in [2.75, 3.05) is 33.3 Å². The fourth-order valence-electron chi connectivity index (χ4n) is 4.14. The minimum atomic E-state index is 0.492. The second-order valence-electron chi connectivity index (χ2n) is 7.52. The van der Waals surface area contributed by atoms with Crippen molar-refractivity contribution in [2.24, 2.45) is 5.41 Å². The molecule has 0 radical (unpaired) electrons. The van der Waals surface area contributed by atoms with Gasteiger partial charge in [-0.2, -0.15) is 0 Å². The Kier molecular flexibility index (Phi) is 5.09. The van der Waals surface area contributed by atoms with Gasteiger partial charge in [-0.1, -0.05) is 12.1 Å². The highest BCUT2D eigenvalue weighted by atomic mass is 16.5. The molecule has 1 spiro atoms. The lowest BCUT2D eigenvalue weighted by atomic mass is 9.86. The first-order chi connectivity index (χ1) is 12.8. The molecular weight excluding hydrogens is 326 g/mol. The molecule has 2 fully saturated rings. The molecule has 0 amide bonds. The van der Waals surface area contributed by atoms with Gasteiger partial charge in [0.15, 0.2) is 11.5 Å². The van der Waals surface area contributed by atoms with E-state index in [1.165, 1.54) is 44.6 Å². The normalized spacial score (nSPS) is 22.8. The number of hydrogen-bond donors (Lipinski definition) is 1.